The van der Waals surface area contributed by atoms with Crippen LogP contribution in [0.4, 0.5) is 19.0 Å². The topological polar surface area (TPSA) is 71.5 Å². The number of anilines is 1. The molecule has 2 heterocycles. The molecule has 0 spiro atoms. The van der Waals surface area contributed by atoms with Crippen molar-refractivity contribution in [2.75, 3.05) is 24.6 Å². The van der Waals surface area contributed by atoms with E-state index in [1.807, 2.05) is 6.92 Å². The Hall–Kier alpha value is -2.33. The van der Waals surface area contributed by atoms with E-state index in [2.05, 4.69) is 9.71 Å². The minimum Gasteiger partial charge on any atom is -0.494 e. The third-order valence-corrected chi connectivity index (χ3v) is 5.89. The molecule has 1 unspecified atom stereocenters. The molecule has 0 radical (unpaired) electrons. The number of nitrogens with one attached hydrogen (secondary N) is 1. The molecule has 1 atom stereocenters. The highest BCUT2D eigenvalue weighted by Gasteiger charge is 2.32. The van der Waals surface area contributed by atoms with Gasteiger partial charge in [-0.3, -0.25) is 0 Å². The van der Waals surface area contributed by atoms with Gasteiger partial charge in [-0.05, 0) is 49.7 Å². The van der Waals surface area contributed by atoms with Gasteiger partial charge in [0.05, 0.1) is 17.1 Å². The summed E-state index contributed by atoms with van der Waals surface area (Å²) in [6.07, 6.45) is -3.13. The van der Waals surface area contributed by atoms with Crippen molar-refractivity contribution in [2.45, 2.75) is 30.5 Å². The molecule has 10 heteroatoms. The minimum absolute atomic E-state index is 0.127. The Kier molecular flexibility index (Phi) is 5.80. The SMILES string of the molecule is CCOc1ccc(S(=O)(=O)NC2CCN(c3ccc(C(F)(F)F)cn3)C2)cc1. The lowest BCUT2D eigenvalue weighted by atomic mass is 10.3. The smallest absolute Gasteiger partial charge is 0.417 e. The fourth-order valence-corrected chi connectivity index (χ4v) is 4.24. The molecule has 1 fully saturated rings. The Morgan fingerprint density at radius 1 is 1.21 bits per heavy atom. The first-order valence-corrected chi connectivity index (χ1v) is 10.2. The van der Waals surface area contributed by atoms with Gasteiger partial charge in [-0.1, -0.05) is 0 Å². The zero-order valence-corrected chi connectivity index (χ0v) is 15.9. The van der Waals surface area contributed by atoms with Gasteiger partial charge in [0.1, 0.15) is 11.6 Å². The monoisotopic (exact) mass is 415 g/mol. The summed E-state index contributed by atoms with van der Waals surface area (Å²) >= 11 is 0. The van der Waals surface area contributed by atoms with Gasteiger partial charge in [0.2, 0.25) is 10.0 Å². The summed E-state index contributed by atoms with van der Waals surface area (Å²) in [5.41, 5.74) is -0.816. The van der Waals surface area contributed by atoms with E-state index in [1.165, 1.54) is 18.2 Å². The first-order chi connectivity index (χ1) is 13.2. The highest BCUT2D eigenvalue weighted by molar-refractivity contribution is 7.89. The van der Waals surface area contributed by atoms with Crippen molar-refractivity contribution >= 4 is 15.8 Å². The Labute approximate surface area is 161 Å². The molecule has 1 aliphatic rings. The molecular formula is C18H20F3N3O3S. The maximum Gasteiger partial charge on any atom is 0.417 e. The van der Waals surface area contributed by atoms with Gasteiger partial charge in [-0.15, -0.1) is 0 Å². The number of alkyl halides is 3. The van der Waals surface area contributed by atoms with Crippen LogP contribution >= 0.6 is 0 Å². The van der Waals surface area contributed by atoms with Crippen molar-refractivity contribution in [3.63, 3.8) is 0 Å². The van der Waals surface area contributed by atoms with E-state index in [0.717, 1.165) is 12.3 Å². The van der Waals surface area contributed by atoms with Gasteiger partial charge < -0.3 is 9.64 Å². The number of ether oxygens (including phenoxy) is 1. The molecule has 1 saturated heterocycles. The number of pyridine rings is 1. The van der Waals surface area contributed by atoms with Gasteiger partial charge in [-0.25, -0.2) is 18.1 Å². The van der Waals surface area contributed by atoms with Gasteiger partial charge in [0.25, 0.3) is 0 Å². The van der Waals surface area contributed by atoms with E-state index >= 15 is 0 Å². The van der Waals surface area contributed by atoms with Crippen LogP contribution in [0.25, 0.3) is 0 Å². The summed E-state index contributed by atoms with van der Waals surface area (Å²) in [5.74, 6) is 0.970. The third kappa shape index (κ3) is 4.74. The molecule has 6 nitrogen and oxygen atoms in total. The first-order valence-electron chi connectivity index (χ1n) is 8.72. The molecule has 1 N–H and O–H groups in total. The summed E-state index contributed by atoms with van der Waals surface area (Å²) < 4.78 is 70.9. The van der Waals surface area contributed by atoms with Crippen LogP contribution in [-0.2, 0) is 16.2 Å². The Morgan fingerprint density at radius 3 is 2.50 bits per heavy atom. The van der Waals surface area contributed by atoms with Crippen molar-refractivity contribution in [1.29, 1.82) is 0 Å². The van der Waals surface area contributed by atoms with Gasteiger partial charge in [0, 0.05) is 25.3 Å². The molecule has 0 saturated carbocycles. The summed E-state index contributed by atoms with van der Waals surface area (Å²) in [6, 6.07) is 8.03. The van der Waals surface area contributed by atoms with Crippen LogP contribution in [0, 0.1) is 0 Å². The van der Waals surface area contributed by atoms with Gasteiger partial charge in [-0.2, -0.15) is 13.2 Å². The van der Waals surface area contributed by atoms with E-state index in [9.17, 15) is 21.6 Å². The normalized spacial score (nSPS) is 17.7. The second kappa shape index (κ2) is 7.96. The zero-order chi connectivity index (χ0) is 20.4. The summed E-state index contributed by atoms with van der Waals surface area (Å²) in [4.78, 5) is 5.74. The van der Waals surface area contributed by atoms with Crippen molar-refractivity contribution < 1.29 is 26.3 Å². The second-order valence-electron chi connectivity index (χ2n) is 6.36. The van der Waals surface area contributed by atoms with Crippen LogP contribution in [0.1, 0.15) is 18.9 Å². The lowest BCUT2D eigenvalue weighted by Gasteiger charge is -2.18. The van der Waals surface area contributed by atoms with Crippen LogP contribution in [-0.4, -0.2) is 39.1 Å². The van der Waals surface area contributed by atoms with Crippen molar-refractivity contribution in [3.05, 3.63) is 48.2 Å². The van der Waals surface area contributed by atoms with Crippen LogP contribution in [0.3, 0.4) is 0 Å². The number of halogens is 3. The average molecular weight is 415 g/mol. The number of aromatic nitrogens is 1. The van der Waals surface area contributed by atoms with Crippen LogP contribution in [0.5, 0.6) is 5.75 Å². The van der Waals surface area contributed by atoms with E-state index < -0.39 is 21.8 Å². The summed E-state index contributed by atoms with van der Waals surface area (Å²) in [7, 11) is -3.71. The maximum atomic E-state index is 12.6. The van der Waals surface area contributed by atoms with E-state index in [1.54, 1.807) is 17.0 Å². The first kappa shape index (κ1) is 20.4. The summed E-state index contributed by atoms with van der Waals surface area (Å²) in [6.45, 7) is 3.15. The largest absolute Gasteiger partial charge is 0.494 e. The highest BCUT2D eigenvalue weighted by Crippen LogP contribution is 2.30. The maximum absolute atomic E-state index is 12.6. The molecule has 1 aromatic heterocycles. The Bertz CT molecular complexity index is 900. The molecule has 1 aliphatic heterocycles. The quantitative estimate of drug-likeness (QED) is 0.785. The lowest BCUT2D eigenvalue weighted by molar-refractivity contribution is -0.137. The van der Waals surface area contributed by atoms with Gasteiger partial charge in [0.15, 0.2) is 0 Å². The standard InChI is InChI=1S/C18H20F3N3O3S/c1-2-27-15-4-6-16(7-5-15)28(25,26)23-14-9-10-24(12-14)17-8-3-13(11-22-17)18(19,20)21/h3-8,11,14,23H,2,9-10,12H2,1H3. The molecule has 2 aromatic rings. The predicted molar refractivity (Wildman–Crippen MR) is 97.8 cm³/mol. The molecular weight excluding hydrogens is 395 g/mol. The van der Waals surface area contributed by atoms with Crippen molar-refractivity contribution in [2.24, 2.45) is 0 Å². The van der Waals surface area contributed by atoms with E-state index in [0.29, 0.717) is 37.7 Å². The molecule has 0 bridgehead atoms. The lowest BCUT2D eigenvalue weighted by Crippen LogP contribution is -2.37. The number of hydrogen-bond donors (Lipinski definition) is 1. The number of nitrogens with zero attached hydrogens (tertiary/aromatic N) is 2. The predicted octanol–water partition coefficient (Wildman–Crippen LogP) is 3.06. The second-order valence-corrected chi connectivity index (χ2v) is 8.07. The van der Waals surface area contributed by atoms with Crippen LogP contribution < -0.4 is 14.4 Å². The number of hydrogen-bond acceptors (Lipinski definition) is 5. The molecule has 0 amide bonds. The Balaban J connectivity index is 1.63. The third-order valence-electron chi connectivity index (χ3n) is 4.35. The fourth-order valence-electron chi connectivity index (χ4n) is 2.97. The number of benzene rings is 1. The van der Waals surface area contributed by atoms with Crippen LogP contribution in [0.2, 0.25) is 0 Å². The summed E-state index contributed by atoms with van der Waals surface area (Å²) in [5, 5.41) is 0. The van der Waals surface area contributed by atoms with Crippen molar-refractivity contribution in [1.82, 2.24) is 9.71 Å². The van der Waals surface area contributed by atoms with E-state index in [4.69, 9.17) is 4.74 Å². The average Bonchev–Trinajstić information content (AvgIpc) is 3.10. The number of rotatable bonds is 6. The van der Waals surface area contributed by atoms with E-state index in [-0.39, 0.29) is 10.9 Å². The molecule has 0 aliphatic carbocycles. The Morgan fingerprint density at radius 2 is 1.93 bits per heavy atom. The molecule has 3 rings (SSSR count). The van der Waals surface area contributed by atoms with Crippen molar-refractivity contribution in [3.8, 4) is 5.75 Å². The molecule has 1 aromatic carbocycles. The molecule has 152 valence electrons. The van der Waals surface area contributed by atoms with Gasteiger partial charge >= 0.3 is 6.18 Å². The fraction of sp³-hybridized carbons (Fsp3) is 0.389. The number of sulfonamides is 1. The molecule has 28 heavy (non-hydrogen) atoms. The van der Waals surface area contributed by atoms with Crippen LogP contribution in [0.15, 0.2) is 47.5 Å². The minimum atomic E-state index is -4.44. The zero-order valence-electron chi connectivity index (χ0n) is 15.1. The highest BCUT2D eigenvalue weighted by atomic mass is 32.2.